The van der Waals surface area contributed by atoms with E-state index in [1.807, 2.05) is 6.92 Å². The average molecular weight is 255 g/mol. The van der Waals surface area contributed by atoms with E-state index in [1.165, 1.54) is 12.8 Å². The first-order valence-electron chi connectivity index (χ1n) is 7.19. The third-order valence-corrected chi connectivity index (χ3v) is 4.52. The maximum Gasteiger partial charge on any atom is 0.251 e. The van der Waals surface area contributed by atoms with Gasteiger partial charge in [-0.05, 0) is 44.4 Å². The zero-order valence-electron chi connectivity index (χ0n) is 11.3. The molecule has 2 N–H and O–H groups in total. The van der Waals surface area contributed by atoms with Crippen LogP contribution in [0.3, 0.4) is 0 Å². The van der Waals surface area contributed by atoms with Crippen molar-refractivity contribution in [2.75, 3.05) is 19.8 Å². The molecule has 0 bridgehead atoms. The average Bonchev–Trinajstić information content (AvgIpc) is 2.84. The number of ether oxygens (including phenoxy) is 1. The van der Waals surface area contributed by atoms with Gasteiger partial charge >= 0.3 is 0 Å². The molecule has 18 heavy (non-hydrogen) atoms. The molecule has 3 atom stereocenters. The number of carbonyl (C=O) groups is 1. The summed E-state index contributed by atoms with van der Waals surface area (Å²) in [5, 5.41) is 12.4. The molecule has 1 aliphatic heterocycles. The highest BCUT2D eigenvalue weighted by Gasteiger charge is 2.38. The smallest absolute Gasteiger partial charge is 0.251 e. The van der Waals surface area contributed by atoms with Crippen molar-refractivity contribution < 1.29 is 14.6 Å². The first kappa shape index (κ1) is 13.8. The zero-order valence-corrected chi connectivity index (χ0v) is 11.3. The fourth-order valence-electron chi connectivity index (χ4n) is 3.16. The highest BCUT2D eigenvalue weighted by Crippen LogP contribution is 2.30. The van der Waals surface area contributed by atoms with E-state index < -0.39 is 5.60 Å². The maximum absolute atomic E-state index is 12.1. The SMILES string of the molecule is CC1(C(=O)NCC2CCCCC2CO)CCCO1. The van der Waals surface area contributed by atoms with Crippen LogP contribution in [-0.4, -0.2) is 36.4 Å². The van der Waals surface area contributed by atoms with E-state index in [0.717, 1.165) is 25.7 Å². The Morgan fingerprint density at radius 1 is 1.33 bits per heavy atom. The minimum atomic E-state index is -0.622. The van der Waals surface area contributed by atoms with Crippen LogP contribution >= 0.6 is 0 Å². The first-order valence-corrected chi connectivity index (χ1v) is 7.19. The van der Waals surface area contributed by atoms with Crippen molar-refractivity contribution in [2.45, 2.75) is 51.0 Å². The topological polar surface area (TPSA) is 58.6 Å². The predicted octanol–water partition coefficient (Wildman–Crippen LogP) is 1.47. The number of rotatable bonds is 4. The van der Waals surface area contributed by atoms with Crippen LogP contribution in [-0.2, 0) is 9.53 Å². The van der Waals surface area contributed by atoms with Gasteiger partial charge in [-0.3, -0.25) is 4.79 Å². The molecular weight excluding hydrogens is 230 g/mol. The van der Waals surface area contributed by atoms with Crippen LogP contribution < -0.4 is 5.32 Å². The van der Waals surface area contributed by atoms with Crippen molar-refractivity contribution in [3.05, 3.63) is 0 Å². The highest BCUT2D eigenvalue weighted by molar-refractivity contribution is 5.84. The van der Waals surface area contributed by atoms with Gasteiger partial charge in [0, 0.05) is 19.8 Å². The second-order valence-corrected chi connectivity index (χ2v) is 5.88. The molecule has 1 saturated heterocycles. The van der Waals surface area contributed by atoms with E-state index in [4.69, 9.17) is 4.74 Å². The summed E-state index contributed by atoms with van der Waals surface area (Å²) in [6.07, 6.45) is 6.40. The number of aliphatic hydroxyl groups excluding tert-OH is 1. The van der Waals surface area contributed by atoms with Gasteiger partial charge in [0.2, 0.25) is 0 Å². The Morgan fingerprint density at radius 2 is 2.06 bits per heavy atom. The minimum Gasteiger partial charge on any atom is -0.396 e. The Kier molecular flexibility index (Phi) is 4.62. The summed E-state index contributed by atoms with van der Waals surface area (Å²) in [6.45, 7) is 3.49. The van der Waals surface area contributed by atoms with Gasteiger partial charge in [-0.25, -0.2) is 0 Å². The van der Waals surface area contributed by atoms with Gasteiger partial charge in [0.05, 0.1) is 0 Å². The zero-order chi connectivity index (χ0) is 13.0. The molecule has 0 aromatic carbocycles. The number of amides is 1. The molecule has 2 aliphatic rings. The summed E-state index contributed by atoms with van der Waals surface area (Å²) < 4.78 is 5.53. The first-order chi connectivity index (χ1) is 8.65. The van der Waals surface area contributed by atoms with Crippen LogP contribution in [0.4, 0.5) is 0 Å². The van der Waals surface area contributed by atoms with Crippen LogP contribution in [0.5, 0.6) is 0 Å². The molecule has 1 amide bonds. The van der Waals surface area contributed by atoms with Crippen LogP contribution in [0.25, 0.3) is 0 Å². The van der Waals surface area contributed by atoms with Crippen molar-refractivity contribution >= 4 is 5.91 Å². The lowest BCUT2D eigenvalue weighted by atomic mass is 9.79. The Bertz CT molecular complexity index is 287. The molecule has 1 aliphatic carbocycles. The number of hydrogen-bond donors (Lipinski definition) is 2. The summed E-state index contributed by atoms with van der Waals surface area (Å²) in [6, 6.07) is 0. The van der Waals surface area contributed by atoms with Gasteiger partial charge in [-0.1, -0.05) is 12.8 Å². The van der Waals surface area contributed by atoms with Crippen LogP contribution in [0, 0.1) is 11.8 Å². The normalized spacial score (nSPS) is 36.6. The van der Waals surface area contributed by atoms with E-state index in [2.05, 4.69) is 5.32 Å². The van der Waals surface area contributed by atoms with Gasteiger partial charge in [-0.15, -0.1) is 0 Å². The summed E-state index contributed by atoms with van der Waals surface area (Å²) in [5.74, 6) is 0.802. The lowest BCUT2D eigenvalue weighted by molar-refractivity contribution is -0.139. The molecule has 1 saturated carbocycles. The standard InChI is InChI=1S/C14H25NO3/c1-14(7-4-8-18-14)13(17)15-9-11-5-2-3-6-12(11)10-16/h11-12,16H,2-10H2,1H3,(H,15,17). The fraction of sp³-hybridized carbons (Fsp3) is 0.929. The van der Waals surface area contributed by atoms with E-state index in [1.54, 1.807) is 0 Å². The molecule has 2 rings (SSSR count). The number of hydrogen-bond acceptors (Lipinski definition) is 3. The molecular formula is C14H25NO3. The van der Waals surface area contributed by atoms with Crippen molar-refractivity contribution in [3.63, 3.8) is 0 Å². The van der Waals surface area contributed by atoms with Crippen molar-refractivity contribution in [1.29, 1.82) is 0 Å². The van der Waals surface area contributed by atoms with Gasteiger partial charge in [0.1, 0.15) is 5.60 Å². The molecule has 0 aromatic heterocycles. The minimum absolute atomic E-state index is 0.0160. The molecule has 3 unspecified atom stereocenters. The van der Waals surface area contributed by atoms with E-state index in [-0.39, 0.29) is 12.5 Å². The summed E-state index contributed by atoms with van der Waals surface area (Å²) >= 11 is 0. The van der Waals surface area contributed by atoms with Gasteiger partial charge in [-0.2, -0.15) is 0 Å². The third kappa shape index (κ3) is 3.04. The number of aliphatic hydroxyl groups is 1. The van der Waals surface area contributed by atoms with Gasteiger partial charge in [0.15, 0.2) is 0 Å². The molecule has 0 spiro atoms. The molecule has 0 aromatic rings. The Labute approximate surface area is 109 Å². The van der Waals surface area contributed by atoms with Crippen LogP contribution in [0.2, 0.25) is 0 Å². The molecule has 2 fully saturated rings. The Morgan fingerprint density at radius 3 is 2.67 bits per heavy atom. The van der Waals surface area contributed by atoms with Crippen molar-refractivity contribution in [1.82, 2.24) is 5.32 Å². The quantitative estimate of drug-likeness (QED) is 0.800. The largest absolute Gasteiger partial charge is 0.396 e. The van der Waals surface area contributed by atoms with E-state index in [9.17, 15) is 9.90 Å². The van der Waals surface area contributed by atoms with Crippen LogP contribution in [0.1, 0.15) is 45.4 Å². The summed E-state index contributed by atoms with van der Waals surface area (Å²) in [5.41, 5.74) is -0.622. The predicted molar refractivity (Wildman–Crippen MR) is 69.1 cm³/mol. The van der Waals surface area contributed by atoms with Crippen molar-refractivity contribution in [3.8, 4) is 0 Å². The number of carbonyl (C=O) groups excluding carboxylic acids is 1. The van der Waals surface area contributed by atoms with Gasteiger partial charge in [0.25, 0.3) is 5.91 Å². The second kappa shape index (κ2) is 6.02. The van der Waals surface area contributed by atoms with E-state index >= 15 is 0 Å². The van der Waals surface area contributed by atoms with Gasteiger partial charge < -0.3 is 15.2 Å². The third-order valence-electron chi connectivity index (χ3n) is 4.52. The highest BCUT2D eigenvalue weighted by atomic mass is 16.5. The van der Waals surface area contributed by atoms with Crippen molar-refractivity contribution in [2.24, 2.45) is 11.8 Å². The maximum atomic E-state index is 12.1. The molecule has 4 heteroatoms. The lowest BCUT2D eigenvalue weighted by Gasteiger charge is -2.31. The van der Waals surface area contributed by atoms with Crippen LogP contribution in [0.15, 0.2) is 0 Å². The Balaban J connectivity index is 1.81. The van der Waals surface area contributed by atoms with E-state index in [0.29, 0.717) is 25.0 Å². The second-order valence-electron chi connectivity index (χ2n) is 5.88. The molecule has 1 heterocycles. The molecule has 0 radical (unpaired) electrons. The summed E-state index contributed by atoms with van der Waals surface area (Å²) in [7, 11) is 0. The lowest BCUT2D eigenvalue weighted by Crippen LogP contribution is -2.46. The monoisotopic (exact) mass is 255 g/mol. The molecule has 104 valence electrons. The number of nitrogens with one attached hydrogen (secondary N) is 1. The fourth-order valence-corrected chi connectivity index (χ4v) is 3.16. The molecule has 4 nitrogen and oxygen atoms in total. The Hall–Kier alpha value is -0.610. The summed E-state index contributed by atoms with van der Waals surface area (Å²) in [4.78, 5) is 12.1.